The maximum Gasteiger partial charge on any atom is 0.239 e. The fraction of sp³-hybridized carbons (Fsp3) is 0.941. The van der Waals surface area contributed by atoms with Gasteiger partial charge in [-0.05, 0) is 38.0 Å². The highest BCUT2D eigenvalue weighted by molar-refractivity contribution is 5.82. The molecule has 0 aromatic heterocycles. The number of piperazine rings is 1. The smallest absolute Gasteiger partial charge is 0.239 e. The second-order valence-electron chi connectivity index (χ2n) is 7.55. The van der Waals surface area contributed by atoms with Crippen molar-refractivity contribution in [3.05, 3.63) is 0 Å². The van der Waals surface area contributed by atoms with Crippen LogP contribution in [-0.4, -0.2) is 60.0 Å². The number of hydrogen-bond acceptors (Lipinski definition) is 3. The van der Waals surface area contributed by atoms with Gasteiger partial charge in [-0.3, -0.25) is 9.69 Å². The van der Waals surface area contributed by atoms with Crippen LogP contribution in [0.2, 0.25) is 0 Å². The second kappa shape index (κ2) is 5.88. The first kappa shape index (κ1) is 14.0. The standard InChI is InChI=1S/C17H29N3O/c21-17(16-12-13-4-1-2-7-15(13)18-16)20-10-8-19(9-11-20)14-5-3-6-14/h13-16,18H,1-12H2. The number of rotatable bonds is 2. The van der Waals surface area contributed by atoms with E-state index >= 15 is 0 Å². The molecule has 2 aliphatic heterocycles. The van der Waals surface area contributed by atoms with Crippen LogP contribution in [0.25, 0.3) is 0 Å². The van der Waals surface area contributed by atoms with Gasteiger partial charge in [-0.1, -0.05) is 19.3 Å². The zero-order valence-electron chi connectivity index (χ0n) is 13.1. The van der Waals surface area contributed by atoms with E-state index in [4.69, 9.17) is 0 Å². The van der Waals surface area contributed by atoms with Crippen molar-refractivity contribution in [3.63, 3.8) is 0 Å². The van der Waals surface area contributed by atoms with Gasteiger partial charge >= 0.3 is 0 Å². The number of amides is 1. The van der Waals surface area contributed by atoms with Crippen molar-refractivity contribution in [1.82, 2.24) is 15.1 Å². The zero-order chi connectivity index (χ0) is 14.2. The van der Waals surface area contributed by atoms with E-state index in [0.29, 0.717) is 11.9 Å². The Labute approximate surface area is 128 Å². The van der Waals surface area contributed by atoms with Crippen molar-refractivity contribution in [1.29, 1.82) is 0 Å². The number of nitrogens with one attached hydrogen (secondary N) is 1. The van der Waals surface area contributed by atoms with Gasteiger partial charge < -0.3 is 10.2 Å². The van der Waals surface area contributed by atoms with Gasteiger partial charge in [0.15, 0.2) is 0 Å². The first-order chi connectivity index (χ1) is 10.3. The fourth-order valence-electron chi connectivity index (χ4n) is 4.79. The highest BCUT2D eigenvalue weighted by Crippen LogP contribution is 2.34. The summed E-state index contributed by atoms with van der Waals surface area (Å²) >= 11 is 0. The molecular formula is C17H29N3O. The molecule has 3 unspecified atom stereocenters. The van der Waals surface area contributed by atoms with Crippen LogP contribution >= 0.6 is 0 Å². The van der Waals surface area contributed by atoms with E-state index < -0.39 is 0 Å². The van der Waals surface area contributed by atoms with Crippen LogP contribution < -0.4 is 5.32 Å². The van der Waals surface area contributed by atoms with Gasteiger partial charge in [-0.25, -0.2) is 0 Å². The summed E-state index contributed by atoms with van der Waals surface area (Å²) in [5.74, 6) is 1.15. The Kier molecular flexibility index (Phi) is 3.92. The van der Waals surface area contributed by atoms with E-state index in [9.17, 15) is 4.79 Å². The quantitative estimate of drug-likeness (QED) is 0.839. The molecule has 3 atom stereocenters. The Morgan fingerprint density at radius 3 is 2.33 bits per heavy atom. The lowest BCUT2D eigenvalue weighted by Crippen LogP contribution is -2.56. The Bertz CT molecular complexity index is 373. The molecule has 2 heterocycles. The van der Waals surface area contributed by atoms with Crippen molar-refractivity contribution in [2.45, 2.75) is 69.5 Å². The molecule has 4 heteroatoms. The molecule has 2 aliphatic carbocycles. The van der Waals surface area contributed by atoms with Crippen molar-refractivity contribution in [3.8, 4) is 0 Å². The van der Waals surface area contributed by atoms with Gasteiger partial charge in [0, 0.05) is 38.3 Å². The van der Waals surface area contributed by atoms with E-state index in [1.807, 2.05) is 0 Å². The Morgan fingerprint density at radius 2 is 1.67 bits per heavy atom. The van der Waals surface area contributed by atoms with Crippen molar-refractivity contribution in [2.75, 3.05) is 26.2 Å². The number of hydrogen-bond donors (Lipinski definition) is 1. The SMILES string of the molecule is O=C(C1CC2CCCCC2N1)N1CCN(C2CCC2)CC1. The maximum atomic E-state index is 12.7. The molecule has 0 aromatic carbocycles. The van der Waals surface area contributed by atoms with E-state index in [1.54, 1.807) is 0 Å². The molecule has 1 amide bonds. The largest absolute Gasteiger partial charge is 0.339 e. The molecule has 1 N–H and O–H groups in total. The normalized spacial score (nSPS) is 38.1. The average molecular weight is 291 g/mol. The summed E-state index contributed by atoms with van der Waals surface area (Å²) in [4.78, 5) is 17.5. The minimum Gasteiger partial charge on any atom is -0.339 e. The van der Waals surface area contributed by atoms with Crippen LogP contribution in [0.15, 0.2) is 0 Å². The lowest BCUT2D eigenvalue weighted by atomic mass is 9.85. The second-order valence-corrected chi connectivity index (χ2v) is 7.55. The molecule has 0 spiro atoms. The summed E-state index contributed by atoms with van der Waals surface area (Å²) in [7, 11) is 0. The molecule has 2 saturated carbocycles. The number of carbonyl (C=O) groups excluding carboxylic acids is 1. The highest BCUT2D eigenvalue weighted by Gasteiger charge is 2.40. The van der Waals surface area contributed by atoms with Gasteiger partial charge in [0.2, 0.25) is 5.91 Å². The van der Waals surface area contributed by atoms with Crippen LogP contribution in [0.3, 0.4) is 0 Å². The lowest BCUT2D eigenvalue weighted by molar-refractivity contribution is -0.135. The van der Waals surface area contributed by atoms with Gasteiger partial charge in [-0.2, -0.15) is 0 Å². The van der Waals surface area contributed by atoms with Crippen LogP contribution in [-0.2, 0) is 4.79 Å². The molecule has 4 nitrogen and oxygen atoms in total. The summed E-state index contributed by atoms with van der Waals surface area (Å²) in [6.45, 7) is 4.08. The molecule has 4 fully saturated rings. The molecule has 118 valence electrons. The Morgan fingerprint density at radius 1 is 0.905 bits per heavy atom. The monoisotopic (exact) mass is 291 g/mol. The summed E-state index contributed by atoms with van der Waals surface area (Å²) in [5.41, 5.74) is 0. The maximum absolute atomic E-state index is 12.7. The summed E-state index contributed by atoms with van der Waals surface area (Å²) in [6.07, 6.45) is 10.6. The molecule has 0 radical (unpaired) electrons. The molecule has 0 bridgehead atoms. The van der Waals surface area contributed by atoms with Crippen molar-refractivity contribution in [2.24, 2.45) is 5.92 Å². The van der Waals surface area contributed by atoms with Crippen molar-refractivity contribution >= 4 is 5.91 Å². The van der Waals surface area contributed by atoms with Gasteiger partial charge in [-0.15, -0.1) is 0 Å². The van der Waals surface area contributed by atoms with Crippen LogP contribution in [0.4, 0.5) is 0 Å². The van der Waals surface area contributed by atoms with E-state index in [0.717, 1.165) is 44.6 Å². The van der Waals surface area contributed by atoms with E-state index in [2.05, 4.69) is 15.1 Å². The van der Waals surface area contributed by atoms with Gasteiger partial charge in [0.25, 0.3) is 0 Å². The minimum atomic E-state index is 0.119. The van der Waals surface area contributed by atoms with Crippen LogP contribution in [0.5, 0.6) is 0 Å². The summed E-state index contributed by atoms with van der Waals surface area (Å²) in [6, 6.07) is 1.58. The molecule has 21 heavy (non-hydrogen) atoms. The Balaban J connectivity index is 1.29. The Hall–Kier alpha value is -0.610. The van der Waals surface area contributed by atoms with Gasteiger partial charge in [0.1, 0.15) is 0 Å². The molecule has 2 saturated heterocycles. The summed E-state index contributed by atoms with van der Waals surface area (Å²) in [5, 5.41) is 3.64. The number of nitrogens with zero attached hydrogens (tertiary/aromatic N) is 2. The van der Waals surface area contributed by atoms with E-state index in [-0.39, 0.29) is 6.04 Å². The molecule has 0 aromatic rings. The van der Waals surface area contributed by atoms with Crippen LogP contribution in [0, 0.1) is 5.92 Å². The van der Waals surface area contributed by atoms with E-state index in [1.165, 1.54) is 44.9 Å². The topological polar surface area (TPSA) is 35.6 Å². The minimum absolute atomic E-state index is 0.119. The lowest BCUT2D eigenvalue weighted by Gasteiger charge is -2.43. The van der Waals surface area contributed by atoms with Crippen LogP contribution in [0.1, 0.15) is 51.4 Å². The highest BCUT2D eigenvalue weighted by atomic mass is 16.2. The predicted octanol–water partition coefficient (Wildman–Crippen LogP) is 1.60. The predicted molar refractivity (Wildman–Crippen MR) is 83.1 cm³/mol. The first-order valence-corrected chi connectivity index (χ1v) is 9.10. The molecule has 4 aliphatic rings. The van der Waals surface area contributed by atoms with Gasteiger partial charge in [0.05, 0.1) is 6.04 Å². The molecular weight excluding hydrogens is 262 g/mol. The number of fused-ring (bicyclic) bond motifs is 1. The molecule has 4 rings (SSSR count). The van der Waals surface area contributed by atoms with Crippen molar-refractivity contribution < 1.29 is 4.79 Å². The summed E-state index contributed by atoms with van der Waals surface area (Å²) < 4.78 is 0. The third-order valence-electron chi connectivity index (χ3n) is 6.38. The number of carbonyl (C=O) groups is 1. The third-order valence-corrected chi connectivity index (χ3v) is 6.38. The fourth-order valence-corrected chi connectivity index (χ4v) is 4.79. The zero-order valence-corrected chi connectivity index (χ0v) is 13.1. The average Bonchev–Trinajstić information content (AvgIpc) is 2.89. The first-order valence-electron chi connectivity index (χ1n) is 9.10. The third kappa shape index (κ3) is 2.72.